The summed E-state index contributed by atoms with van der Waals surface area (Å²) < 4.78 is 15.4. The van der Waals surface area contributed by atoms with Crippen molar-refractivity contribution in [2.24, 2.45) is 0 Å². The molecular weight excluding hydrogens is 595 g/mol. The van der Waals surface area contributed by atoms with Gasteiger partial charge in [-0.25, -0.2) is 5.01 Å². The van der Waals surface area contributed by atoms with E-state index < -0.39 is 20.0 Å². The number of carbonyl (C=O) groups excluding carboxylic acids is 3. The fourth-order valence-electron chi connectivity index (χ4n) is 5.67. The van der Waals surface area contributed by atoms with E-state index in [-0.39, 0.29) is 109 Å². The van der Waals surface area contributed by atoms with Crippen LogP contribution in [0.5, 0.6) is 5.75 Å². The van der Waals surface area contributed by atoms with Crippen molar-refractivity contribution in [3.63, 3.8) is 0 Å². The molecule has 2 aromatic carbocycles. The van der Waals surface area contributed by atoms with Gasteiger partial charge < -0.3 is 28.7 Å². The van der Waals surface area contributed by atoms with Gasteiger partial charge in [-0.2, -0.15) is 0 Å². The molecule has 0 saturated carbocycles. The molecule has 0 bridgehead atoms. The van der Waals surface area contributed by atoms with Crippen LogP contribution in [0.15, 0.2) is 60.8 Å². The van der Waals surface area contributed by atoms with Gasteiger partial charge in [0.1, 0.15) is 25.8 Å². The van der Waals surface area contributed by atoms with Gasteiger partial charge in [0.2, 0.25) is 17.7 Å². The Bertz CT molecular complexity index is 1520. The van der Waals surface area contributed by atoms with Crippen LogP contribution >= 0.6 is 7.82 Å². The van der Waals surface area contributed by atoms with Gasteiger partial charge in [0, 0.05) is 38.0 Å². The molecule has 2 aliphatic heterocycles. The van der Waals surface area contributed by atoms with Crippen LogP contribution in [0.3, 0.4) is 0 Å². The third kappa shape index (κ3) is 8.07. The number of hydrazine groups is 1. The summed E-state index contributed by atoms with van der Waals surface area (Å²) in [5.41, 5.74) is 2.22. The molecule has 216 valence electrons. The van der Waals surface area contributed by atoms with Crippen LogP contribution in [0.25, 0.3) is 10.9 Å². The zero-order valence-corrected chi connectivity index (χ0v) is 29.6. The quantitative estimate of drug-likeness (QED) is 0.177. The molecule has 2 fully saturated rings. The number of fused-ring (bicyclic) bond motifs is 2. The summed E-state index contributed by atoms with van der Waals surface area (Å²) in [4.78, 5) is 70.2. The van der Waals surface area contributed by atoms with E-state index >= 15 is 0 Å². The number of para-hydroxylation sites is 1. The number of amides is 3. The third-order valence-electron chi connectivity index (χ3n) is 7.28. The summed E-state index contributed by atoms with van der Waals surface area (Å²) in [6, 6.07) is 14.4. The molecule has 15 heteroatoms. The smallest absolute Gasteiger partial charge is 0.780 e. The maximum Gasteiger partial charge on any atom is 1.00 e. The minimum absolute atomic E-state index is 0. The first-order valence-corrected chi connectivity index (χ1v) is 14.8. The molecule has 43 heavy (non-hydrogen) atoms. The monoisotopic (exact) mass is 625 g/mol. The van der Waals surface area contributed by atoms with Crippen LogP contribution < -0.4 is 73.4 Å². The Morgan fingerprint density at radius 3 is 2.42 bits per heavy atom. The van der Waals surface area contributed by atoms with Crippen LogP contribution in [0.4, 0.5) is 0 Å². The van der Waals surface area contributed by atoms with Gasteiger partial charge in [-0.05, 0) is 35.7 Å². The Hall–Kier alpha value is -1.83. The van der Waals surface area contributed by atoms with Crippen LogP contribution in [0.1, 0.15) is 31.4 Å². The largest absolute Gasteiger partial charge is 1.00 e. The maximum atomic E-state index is 14.1. The number of hydrogen-bond acceptors (Lipinski definition) is 9. The summed E-state index contributed by atoms with van der Waals surface area (Å²) in [5.74, 6) is -0.919. The van der Waals surface area contributed by atoms with Gasteiger partial charge in [-0.15, -0.1) is 0 Å². The van der Waals surface area contributed by atoms with Gasteiger partial charge in [0.05, 0.1) is 18.6 Å². The van der Waals surface area contributed by atoms with E-state index in [9.17, 15) is 28.7 Å². The van der Waals surface area contributed by atoms with E-state index in [0.29, 0.717) is 12.1 Å². The van der Waals surface area contributed by atoms with Crippen molar-refractivity contribution in [3.8, 4) is 5.75 Å². The first-order valence-electron chi connectivity index (χ1n) is 13.3. The second-order valence-corrected chi connectivity index (χ2v) is 11.2. The number of carbonyl (C=O) groups is 3. The average molecular weight is 626 g/mol. The van der Waals surface area contributed by atoms with Gasteiger partial charge in [-0.1, -0.05) is 43.3 Å². The Morgan fingerprint density at radius 1 is 1.07 bits per heavy atom. The number of aromatic nitrogens is 1. The van der Waals surface area contributed by atoms with E-state index in [1.165, 1.54) is 24.0 Å². The fraction of sp³-hybridized carbons (Fsp3) is 0.357. The number of pyridine rings is 1. The molecular formula is C28H30N5Na2O7P. The number of benzene rings is 2. The van der Waals surface area contributed by atoms with E-state index in [1.54, 1.807) is 33.2 Å². The molecule has 5 rings (SSSR count). The van der Waals surface area contributed by atoms with Crippen molar-refractivity contribution in [1.82, 2.24) is 24.8 Å². The second-order valence-electron chi connectivity index (χ2n) is 10.1. The minimum Gasteiger partial charge on any atom is -0.780 e. The molecule has 0 aliphatic carbocycles. The standard InChI is InChI=1S/C28H32N5O7P.2Na/c1-3-14-31-18-26(35)32-24(15-20-9-11-23(12-10-20)40-41(37,38)39)28(36)30(17-25(32)33(31)19(2)34)16-22-7-4-6-21-8-5-13-29-27(21)22;;/h4-13,24-25H,3,14-18H2,1-2H3,(H2,37,38,39);;/q;2*+1/p-2/t24-,25-;;/m0../s1. The summed E-state index contributed by atoms with van der Waals surface area (Å²) in [7, 11) is -5.22. The van der Waals surface area contributed by atoms with E-state index in [1.807, 2.05) is 37.3 Å². The molecule has 3 amide bonds. The van der Waals surface area contributed by atoms with Crippen molar-refractivity contribution < 1.29 is 92.4 Å². The van der Waals surface area contributed by atoms with Crippen LogP contribution in [0.2, 0.25) is 0 Å². The third-order valence-corrected chi connectivity index (χ3v) is 7.72. The number of rotatable bonds is 8. The van der Waals surface area contributed by atoms with Crippen LogP contribution in [-0.4, -0.2) is 74.4 Å². The molecule has 2 aliphatic rings. The van der Waals surface area contributed by atoms with Crippen molar-refractivity contribution in [1.29, 1.82) is 0 Å². The Kier molecular flexibility index (Phi) is 12.4. The Morgan fingerprint density at radius 2 is 1.77 bits per heavy atom. The molecule has 0 N–H and O–H groups in total. The molecule has 3 aromatic rings. The number of phosphoric ester groups is 1. The van der Waals surface area contributed by atoms with Crippen molar-refractivity contribution in [2.75, 3.05) is 19.6 Å². The van der Waals surface area contributed by atoms with Crippen molar-refractivity contribution in [2.45, 2.75) is 45.4 Å². The normalized spacial score (nSPS) is 19.0. The van der Waals surface area contributed by atoms with Crippen molar-refractivity contribution in [3.05, 3.63) is 71.9 Å². The molecule has 0 radical (unpaired) electrons. The molecule has 0 spiro atoms. The van der Waals surface area contributed by atoms with E-state index in [0.717, 1.165) is 22.9 Å². The summed E-state index contributed by atoms with van der Waals surface area (Å²) in [5, 5.41) is 4.26. The van der Waals surface area contributed by atoms with E-state index in [4.69, 9.17) is 0 Å². The van der Waals surface area contributed by atoms with Crippen LogP contribution in [-0.2, 0) is 31.9 Å². The van der Waals surface area contributed by atoms with Crippen molar-refractivity contribution >= 4 is 36.4 Å². The minimum atomic E-state index is -5.22. The number of hydrogen-bond donors (Lipinski definition) is 0. The Balaban J connectivity index is 0.00000253. The second kappa shape index (κ2) is 15.0. The predicted octanol–water partition coefficient (Wildman–Crippen LogP) is -4.95. The van der Waals surface area contributed by atoms with Crippen LogP contribution in [0, 0.1) is 0 Å². The summed E-state index contributed by atoms with van der Waals surface area (Å²) in [6.07, 6.45) is 1.82. The first-order chi connectivity index (χ1) is 19.6. The topological polar surface area (TPSA) is 149 Å². The van der Waals surface area contributed by atoms with Gasteiger partial charge in [-0.3, -0.25) is 24.4 Å². The zero-order chi connectivity index (χ0) is 29.3. The summed E-state index contributed by atoms with van der Waals surface area (Å²) in [6.45, 7) is 4.25. The number of phosphoric acid groups is 1. The molecule has 0 unspecified atom stereocenters. The van der Waals surface area contributed by atoms with Gasteiger partial charge in [0.15, 0.2) is 0 Å². The molecule has 3 heterocycles. The predicted molar refractivity (Wildman–Crippen MR) is 144 cm³/mol. The molecule has 12 nitrogen and oxygen atoms in total. The SMILES string of the molecule is CCCN1CC(=O)N2[C@@H](Cc3ccc(OP(=O)([O-])[O-])cc3)C(=O)N(Cc3cccc4cccnc34)C[C@@H]2N1C(C)=O.[Na+].[Na+]. The molecule has 2 saturated heterocycles. The first kappa shape index (κ1) is 35.6. The fourth-order valence-corrected chi connectivity index (χ4v) is 6.05. The molecule has 1 aromatic heterocycles. The van der Waals surface area contributed by atoms with E-state index in [2.05, 4.69) is 9.51 Å². The Labute approximate surface area is 294 Å². The average Bonchev–Trinajstić information content (AvgIpc) is 2.91. The number of nitrogens with zero attached hydrogens (tertiary/aromatic N) is 5. The summed E-state index contributed by atoms with van der Waals surface area (Å²) >= 11 is 0. The zero-order valence-electron chi connectivity index (χ0n) is 24.7. The van der Waals surface area contributed by atoms with Gasteiger partial charge in [0.25, 0.3) is 0 Å². The van der Waals surface area contributed by atoms with Gasteiger partial charge >= 0.3 is 59.1 Å². The molecule has 2 atom stereocenters. The maximum absolute atomic E-state index is 14.1. The number of piperazine rings is 1.